The van der Waals surface area contributed by atoms with Gasteiger partial charge in [0.2, 0.25) is 0 Å². The summed E-state index contributed by atoms with van der Waals surface area (Å²) in [6.45, 7) is 10.5. The molecule has 1 aliphatic carbocycles. The number of benzene rings is 1. The Morgan fingerprint density at radius 1 is 1.12 bits per heavy atom. The zero-order valence-electron chi connectivity index (χ0n) is 20.9. The molecule has 1 aromatic rings. The van der Waals surface area contributed by atoms with Gasteiger partial charge in [0.05, 0.1) is 6.10 Å². The zero-order chi connectivity index (χ0) is 23.6. The van der Waals surface area contributed by atoms with Crippen LogP contribution in [0.1, 0.15) is 77.7 Å². The first kappa shape index (κ1) is 26.3. The van der Waals surface area contributed by atoms with Gasteiger partial charge in [0.15, 0.2) is 0 Å². The van der Waals surface area contributed by atoms with Gasteiger partial charge in [0.25, 0.3) is 0 Å². The minimum Gasteiger partial charge on any atom is -0.491 e. The first-order valence-electron chi connectivity index (χ1n) is 13.1. The normalized spacial score (nSPS) is 22.3. The van der Waals surface area contributed by atoms with Crippen LogP contribution in [-0.2, 0) is 6.42 Å². The number of halogens is 1. The Labute approximate surface area is 209 Å². The number of nitrogens with one attached hydrogen (secondary N) is 2. The highest BCUT2D eigenvalue weighted by molar-refractivity contribution is 9.10. The molecule has 1 aliphatic heterocycles. The van der Waals surface area contributed by atoms with Crippen molar-refractivity contribution < 1.29 is 9.53 Å². The van der Waals surface area contributed by atoms with Gasteiger partial charge in [0, 0.05) is 17.1 Å². The first-order chi connectivity index (χ1) is 15.9. The minimum absolute atomic E-state index is 0.00620. The lowest BCUT2D eigenvalue weighted by Gasteiger charge is -2.33. The summed E-state index contributed by atoms with van der Waals surface area (Å²) < 4.78 is 7.10. The SMILES string of the molecule is CCNC(=O)NC1CCC(CCCN2CCC(Cc3cc(OC(C)C)ccc3Br)CC2)CC1. The number of nitrogens with zero attached hydrogens (tertiary/aromatic N) is 1. The van der Waals surface area contributed by atoms with Crippen LogP contribution in [0.3, 0.4) is 0 Å². The van der Waals surface area contributed by atoms with Gasteiger partial charge in [-0.25, -0.2) is 4.79 Å². The lowest BCUT2D eigenvalue weighted by Crippen LogP contribution is -2.43. The molecule has 0 spiro atoms. The molecule has 33 heavy (non-hydrogen) atoms. The van der Waals surface area contributed by atoms with Gasteiger partial charge in [-0.05, 0) is 134 Å². The van der Waals surface area contributed by atoms with Crippen molar-refractivity contribution in [3.8, 4) is 5.75 Å². The van der Waals surface area contributed by atoms with Crippen LogP contribution in [-0.4, -0.2) is 49.3 Å². The van der Waals surface area contributed by atoms with Gasteiger partial charge < -0.3 is 20.3 Å². The van der Waals surface area contributed by atoms with E-state index in [2.05, 4.69) is 63.5 Å². The van der Waals surface area contributed by atoms with Gasteiger partial charge in [-0.1, -0.05) is 15.9 Å². The van der Waals surface area contributed by atoms with Crippen LogP contribution in [0.4, 0.5) is 4.79 Å². The lowest BCUT2D eigenvalue weighted by atomic mass is 9.83. The smallest absolute Gasteiger partial charge is 0.314 e. The molecule has 1 saturated carbocycles. The maximum Gasteiger partial charge on any atom is 0.314 e. The fourth-order valence-electron chi connectivity index (χ4n) is 5.37. The fraction of sp³-hybridized carbons (Fsp3) is 0.741. The molecule has 0 atom stereocenters. The Hall–Kier alpha value is -1.27. The van der Waals surface area contributed by atoms with Crippen LogP contribution in [0.25, 0.3) is 0 Å². The summed E-state index contributed by atoms with van der Waals surface area (Å²) >= 11 is 3.74. The third-order valence-electron chi connectivity index (χ3n) is 7.21. The number of carbonyl (C=O) groups excluding carboxylic acids is 1. The van der Waals surface area contributed by atoms with E-state index in [4.69, 9.17) is 4.74 Å². The summed E-state index contributed by atoms with van der Waals surface area (Å²) in [6, 6.07) is 6.77. The van der Waals surface area contributed by atoms with Gasteiger partial charge in [-0.15, -0.1) is 0 Å². The van der Waals surface area contributed by atoms with E-state index in [1.54, 1.807) is 0 Å². The van der Waals surface area contributed by atoms with Crippen LogP contribution in [0.2, 0.25) is 0 Å². The van der Waals surface area contributed by atoms with Gasteiger partial charge in [-0.3, -0.25) is 0 Å². The summed E-state index contributed by atoms with van der Waals surface area (Å²) in [7, 11) is 0. The summed E-state index contributed by atoms with van der Waals surface area (Å²) in [5.74, 6) is 2.58. The molecule has 0 radical (unpaired) electrons. The van der Waals surface area contributed by atoms with Crippen LogP contribution in [0.5, 0.6) is 5.75 Å². The second-order valence-corrected chi connectivity index (χ2v) is 11.1. The third-order valence-corrected chi connectivity index (χ3v) is 7.98. The molecule has 1 heterocycles. The van der Waals surface area contributed by atoms with Crippen LogP contribution >= 0.6 is 15.9 Å². The van der Waals surface area contributed by atoms with Crippen LogP contribution in [0, 0.1) is 11.8 Å². The van der Waals surface area contributed by atoms with Crippen molar-refractivity contribution in [2.24, 2.45) is 11.8 Å². The van der Waals surface area contributed by atoms with E-state index in [1.807, 2.05) is 6.92 Å². The quantitative estimate of drug-likeness (QED) is 0.388. The maximum absolute atomic E-state index is 11.7. The van der Waals surface area contributed by atoms with Crippen LogP contribution in [0.15, 0.2) is 22.7 Å². The number of likely N-dealkylation sites (tertiary alicyclic amines) is 1. The van der Waals surface area contributed by atoms with Crippen molar-refractivity contribution >= 4 is 22.0 Å². The van der Waals surface area contributed by atoms with E-state index < -0.39 is 0 Å². The first-order valence-corrected chi connectivity index (χ1v) is 13.9. The van der Waals surface area contributed by atoms with Crippen molar-refractivity contribution in [1.82, 2.24) is 15.5 Å². The highest BCUT2D eigenvalue weighted by Crippen LogP contribution is 2.30. The highest BCUT2D eigenvalue weighted by atomic mass is 79.9. The van der Waals surface area contributed by atoms with E-state index in [1.165, 1.54) is 68.2 Å². The maximum atomic E-state index is 11.7. The van der Waals surface area contributed by atoms with Gasteiger partial charge in [0.1, 0.15) is 5.75 Å². The van der Waals surface area contributed by atoms with Crippen molar-refractivity contribution in [1.29, 1.82) is 0 Å². The predicted octanol–water partition coefficient (Wildman–Crippen LogP) is 6.15. The molecule has 2 aliphatic rings. The molecule has 186 valence electrons. The Balaban J connectivity index is 1.30. The topological polar surface area (TPSA) is 53.6 Å². The number of hydrogen-bond acceptors (Lipinski definition) is 3. The van der Waals surface area contributed by atoms with E-state index in [9.17, 15) is 4.79 Å². The van der Waals surface area contributed by atoms with Crippen molar-refractivity contribution in [3.63, 3.8) is 0 Å². The van der Waals surface area contributed by atoms with Crippen LogP contribution < -0.4 is 15.4 Å². The predicted molar refractivity (Wildman–Crippen MR) is 140 cm³/mol. The second-order valence-electron chi connectivity index (χ2n) is 10.3. The Bertz CT molecular complexity index is 726. The minimum atomic E-state index is -0.00620. The fourth-order valence-corrected chi connectivity index (χ4v) is 5.78. The average Bonchev–Trinajstić information content (AvgIpc) is 2.78. The molecule has 1 aromatic carbocycles. The molecule has 3 rings (SSSR count). The largest absolute Gasteiger partial charge is 0.491 e. The standard InChI is InChI=1S/C27H44BrN3O2/c1-4-29-27(32)30-24-9-7-21(8-10-24)6-5-15-31-16-13-22(14-17-31)18-23-19-25(33-20(2)3)11-12-26(23)28/h11-12,19-22,24H,4-10,13-18H2,1-3H3,(H2,29,30,32). The van der Waals surface area contributed by atoms with Crippen molar-refractivity contribution in [3.05, 3.63) is 28.2 Å². The molecular formula is C27H44BrN3O2. The molecule has 2 amide bonds. The second kappa shape index (κ2) is 13.6. The highest BCUT2D eigenvalue weighted by Gasteiger charge is 2.23. The third kappa shape index (κ3) is 9.12. The molecule has 2 N–H and O–H groups in total. The Morgan fingerprint density at radius 3 is 2.52 bits per heavy atom. The Kier molecular flexibility index (Phi) is 10.8. The number of piperidine rings is 1. The average molecular weight is 523 g/mol. The van der Waals surface area contributed by atoms with E-state index in [0.29, 0.717) is 12.6 Å². The number of amides is 2. The molecular weight excluding hydrogens is 478 g/mol. The molecule has 2 fully saturated rings. The molecule has 5 nitrogen and oxygen atoms in total. The van der Waals surface area contributed by atoms with Gasteiger partial charge in [-0.2, -0.15) is 0 Å². The molecule has 6 heteroatoms. The summed E-state index contributed by atoms with van der Waals surface area (Å²) in [5.41, 5.74) is 1.38. The molecule has 1 saturated heterocycles. The number of ether oxygens (including phenoxy) is 1. The summed E-state index contributed by atoms with van der Waals surface area (Å²) in [6.07, 6.45) is 11.3. The summed E-state index contributed by atoms with van der Waals surface area (Å²) in [4.78, 5) is 14.4. The summed E-state index contributed by atoms with van der Waals surface area (Å²) in [5, 5.41) is 5.96. The van der Waals surface area contributed by atoms with E-state index in [-0.39, 0.29) is 12.1 Å². The number of hydrogen-bond donors (Lipinski definition) is 2. The monoisotopic (exact) mass is 521 g/mol. The molecule has 0 unspecified atom stereocenters. The molecule has 0 aromatic heterocycles. The lowest BCUT2D eigenvalue weighted by molar-refractivity contribution is 0.174. The Morgan fingerprint density at radius 2 is 1.85 bits per heavy atom. The molecule has 0 bridgehead atoms. The number of urea groups is 1. The zero-order valence-corrected chi connectivity index (χ0v) is 22.5. The number of carbonyl (C=O) groups is 1. The van der Waals surface area contributed by atoms with E-state index >= 15 is 0 Å². The van der Waals surface area contributed by atoms with Crippen molar-refractivity contribution in [2.75, 3.05) is 26.2 Å². The van der Waals surface area contributed by atoms with Crippen molar-refractivity contribution in [2.45, 2.75) is 90.7 Å². The number of rotatable bonds is 10. The van der Waals surface area contributed by atoms with E-state index in [0.717, 1.165) is 36.8 Å². The van der Waals surface area contributed by atoms with Gasteiger partial charge >= 0.3 is 6.03 Å².